The van der Waals surface area contributed by atoms with Gasteiger partial charge in [0.05, 0.1) is 22.5 Å². The molecule has 146 valence electrons. The van der Waals surface area contributed by atoms with Crippen LogP contribution in [0.15, 0.2) is 42.5 Å². The Bertz CT molecular complexity index is 909. The summed E-state index contributed by atoms with van der Waals surface area (Å²) in [7, 11) is 0. The smallest absolute Gasteiger partial charge is 0.227 e. The van der Waals surface area contributed by atoms with Gasteiger partial charge in [-0.15, -0.1) is 0 Å². The first kappa shape index (κ1) is 18.5. The molecular formula is C23H24Cl2N2O. The average molecular weight is 415 g/mol. The summed E-state index contributed by atoms with van der Waals surface area (Å²) in [4.78, 5) is 18.1. The fourth-order valence-electron chi connectivity index (χ4n) is 5.03. The molecule has 5 heteroatoms. The van der Waals surface area contributed by atoms with Gasteiger partial charge in [-0.3, -0.25) is 4.79 Å². The van der Waals surface area contributed by atoms with E-state index in [0.717, 1.165) is 31.6 Å². The van der Waals surface area contributed by atoms with Crippen molar-refractivity contribution in [1.82, 2.24) is 9.80 Å². The van der Waals surface area contributed by atoms with Crippen LogP contribution in [-0.2, 0) is 11.2 Å². The molecule has 3 aliphatic rings. The molecule has 3 atom stereocenters. The molecule has 3 nitrogen and oxygen atoms in total. The van der Waals surface area contributed by atoms with Gasteiger partial charge in [-0.2, -0.15) is 0 Å². The Balaban J connectivity index is 1.44. The van der Waals surface area contributed by atoms with E-state index in [0.29, 0.717) is 28.4 Å². The molecule has 0 radical (unpaired) electrons. The minimum Gasteiger partial charge on any atom is -0.330 e. The highest BCUT2D eigenvalue weighted by atomic mass is 35.5. The molecule has 1 saturated carbocycles. The second kappa shape index (κ2) is 7.37. The molecule has 2 aromatic rings. The molecule has 1 amide bonds. The number of hydrogen-bond acceptors (Lipinski definition) is 2. The number of halogens is 2. The number of carbonyl (C=O) groups is 1. The predicted octanol–water partition coefficient (Wildman–Crippen LogP) is 5.07. The third kappa shape index (κ3) is 3.34. The van der Waals surface area contributed by atoms with Crippen molar-refractivity contribution in [2.75, 3.05) is 19.6 Å². The number of amides is 1. The molecule has 2 fully saturated rings. The minimum atomic E-state index is 0.147. The Morgan fingerprint density at radius 3 is 2.50 bits per heavy atom. The monoisotopic (exact) mass is 414 g/mol. The van der Waals surface area contributed by atoms with Gasteiger partial charge in [-0.05, 0) is 61.2 Å². The largest absolute Gasteiger partial charge is 0.330 e. The van der Waals surface area contributed by atoms with Gasteiger partial charge in [0.25, 0.3) is 0 Å². The summed E-state index contributed by atoms with van der Waals surface area (Å²) in [6, 6.07) is 14.7. The van der Waals surface area contributed by atoms with Gasteiger partial charge in [0.2, 0.25) is 5.91 Å². The summed E-state index contributed by atoms with van der Waals surface area (Å²) in [5.41, 5.74) is 3.72. The van der Waals surface area contributed by atoms with Crippen LogP contribution in [0, 0.1) is 0 Å². The van der Waals surface area contributed by atoms with Crippen LogP contribution in [0.25, 0.3) is 0 Å². The van der Waals surface area contributed by atoms with Crippen LogP contribution in [0.4, 0.5) is 0 Å². The third-order valence-electron chi connectivity index (χ3n) is 6.46. The van der Waals surface area contributed by atoms with Gasteiger partial charge in [-0.25, -0.2) is 0 Å². The Hall–Kier alpha value is -1.55. The van der Waals surface area contributed by atoms with Gasteiger partial charge < -0.3 is 9.80 Å². The first-order chi connectivity index (χ1) is 13.6. The van der Waals surface area contributed by atoms with Gasteiger partial charge in [0, 0.05) is 18.5 Å². The number of likely N-dealkylation sites (tertiary alicyclic amines) is 1. The van der Waals surface area contributed by atoms with E-state index in [1.165, 1.54) is 24.0 Å². The molecule has 3 unspecified atom stereocenters. The molecule has 0 N–H and O–H groups in total. The lowest BCUT2D eigenvalue weighted by Crippen LogP contribution is -2.45. The fraction of sp³-hybridized carbons (Fsp3) is 0.435. The van der Waals surface area contributed by atoms with Crippen molar-refractivity contribution in [3.05, 3.63) is 69.2 Å². The van der Waals surface area contributed by atoms with Gasteiger partial charge in [-0.1, -0.05) is 53.5 Å². The molecule has 2 aliphatic heterocycles. The molecule has 0 aromatic heterocycles. The van der Waals surface area contributed by atoms with Crippen LogP contribution in [-0.4, -0.2) is 41.4 Å². The predicted molar refractivity (Wildman–Crippen MR) is 113 cm³/mol. The molecular weight excluding hydrogens is 391 g/mol. The van der Waals surface area contributed by atoms with Crippen molar-refractivity contribution in [3.63, 3.8) is 0 Å². The van der Waals surface area contributed by atoms with E-state index in [-0.39, 0.29) is 11.9 Å². The van der Waals surface area contributed by atoms with E-state index < -0.39 is 0 Å². The normalized spacial score (nSPS) is 26.1. The number of nitrogens with zero attached hydrogens (tertiary/aromatic N) is 2. The highest BCUT2D eigenvalue weighted by Crippen LogP contribution is 2.54. The van der Waals surface area contributed by atoms with E-state index in [1.807, 2.05) is 12.1 Å². The summed E-state index contributed by atoms with van der Waals surface area (Å²) in [6.07, 6.45) is 3.98. The van der Waals surface area contributed by atoms with Crippen LogP contribution in [0.3, 0.4) is 0 Å². The topological polar surface area (TPSA) is 23.6 Å². The van der Waals surface area contributed by atoms with Crippen LogP contribution in [0.1, 0.15) is 47.9 Å². The molecule has 28 heavy (non-hydrogen) atoms. The Kier molecular flexibility index (Phi) is 4.86. The van der Waals surface area contributed by atoms with Crippen molar-refractivity contribution < 1.29 is 4.79 Å². The van der Waals surface area contributed by atoms with E-state index >= 15 is 0 Å². The summed E-state index contributed by atoms with van der Waals surface area (Å²) >= 11 is 12.2. The highest BCUT2D eigenvalue weighted by molar-refractivity contribution is 6.42. The first-order valence-corrected chi connectivity index (χ1v) is 10.9. The highest BCUT2D eigenvalue weighted by Gasteiger charge is 2.52. The van der Waals surface area contributed by atoms with Gasteiger partial charge in [0.15, 0.2) is 0 Å². The SMILES string of the molecule is O=C(Cc1ccc(Cl)c(Cl)c1)N1C(CN2CCCC2)c2ccccc2C2CC21. The summed E-state index contributed by atoms with van der Waals surface area (Å²) in [6.45, 7) is 3.22. The molecule has 2 heterocycles. The van der Waals surface area contributed by atoms with Crippen molar-refractivity contribution >= 4 is 29.1 Å². The van der Waals surface area contributed by atoms with Crippen LogP contribution < -0.4 is 0 Å². The van der Waals surface area contributed by atoms with Crippen LogP contribution in [0.5, 0.6) is 0 Å². The standard InChI is InChI=1S/C23H24Cl2N2O/c24-19-8-7-15(11-20(19)25)12-23(28)27-21-13-18(21)16-5-1-2-6-17(16)22(27)14-26-9-3-4-10-26/h1-2,5-8,11,18,21-22H,3-4,9-10,12-14H2. The third-order valence-corrected chi connectivity index (χ3v) is 7.20. The number of fused-ring (bicyclic) bond motifs is 3. The van der Waals surface area contributed by atoms with Crippen molar-refractivity contribution in [2.24, 2.45) is 0 Å². The maximum Gasteiger partial charge on any atom is 0.227 e. The second-order valence-corrected chi connectivity index (χ2v) is 9.10. The first-order valence-electron chi connectivity index (χ1n) is 10.2. The Morgan fingerprint density at radius 1 is 1.00 bits per heavy atom. The quantitative estimate of drug-likeness (QED) is 0.696. The zero-order valence-corrected chi connectivity index (χ0v) is 17.3. The molecule has 0 spiro atoms. The maximum absolute atomic E-state index is 13.4. The second-order valence-electron chi connectivity index (χ2n) is 8.29. The Morgan fingerprint density at radius 2 is 1.75 bits per heavy atom. The van der Waals surface area contributed by atoms with Crippen molar-refractivity contribution in [2.45, 2.75) is 43.7 Å². The van der Waals surface area contributed by atoms with Gasteiger partial charge in [0.1, 0.15) is 0 Å². The zero-order chi connectivity index (χ0) is 19.3. The average Bonchev–Trinajstić information content (AvgIpc) is 3.31. The van der Waals surface area contributed by atoms with Gasteiger partial charge >= 0.3 is 0 Å². The number of carbonyl (C=O) groups excluding carboxylic acids is 1. The van der Waals surface area contributed by atoms with Crippen LogP contribution >= 0.6 is 23.2 Å². The minimum absolute atomic E-state index is 0.147. The maximum atomic E-state index is 13.4. The molecule has 1 saturated heterocycles. The van der Waals surface area contributed by atoms with E-state index in [1.54, 1.807) is 6.07 Å². The summed E-state index contributed by atoms with van der Waals surface area (Å²) in [5.74, 6) is 0.702. The number of hydrogen-bond donors (Lipinski definition) is 0. The Labute approximate surface area is 176 Å². The van der Waals surface area contributed by atoms with E-state index in [9.17, 15) is 4.79 Å². The lowest BCUT2D eigenvalue weighted by Gasteiger charge is -2.39. The lowest BCUT2D eigenvalue weighted by molar-refractivity contribution is -0.134. The summed E-state index contributed by atoms with van der Waals surface area (Å²) in [5, 5.41) is 1.04. The lowest BCUT2D eigenvalue weighted by atomic mass is 9.91. The molecule has 5 rings (SSSR count). The molecule has 2 aromatic carbocycles. The van der Waals surface area contributed by atoms with E-state index in [4.69, 9.17) is 23.2 Å². The fourth-order valence-corrected chi connectivity index (χ4v) is 5.35. The molecule has 1 aliphatic carbocycles. The van der Waals surface area contributed by atoms with E-state index in [2.05, 4.69) is 34.1 Å². The zero-order valence-electron chi connectivity index (χ0n) is 15.8. The van der Waals surface area contributed by atoms with Crippen molar-refractivity contribution in [1.29, 1.82) is 0 Å². The summed E-state index contributed by atoms with van der Waals surface area (Å²) < 4.78 is 0. The number of benzene rings is 2. The number of rotatable bonds is 4. The van der Waals surface area contributed by atoms with Crippen molar-refractivity contribution in [3.8, 4) is 0 Å². The molecule has 0 bridgehead atoms. The van der Waals surface area contributed by atoms with Crippen LogP contribution in [0.2, 0.25) is 10.0 Å².